The van der Waals surface area contributed by atoms with Gasteiger partial charge in [0.2, 0.25) is 6.79 Å². The molecule has 1 aliphatic rings. The number of benzene rings is 3. The summed E-state index contributed by atoms with van der Waals surface area (Å²) in [5.41, 5.74) is 4.13. The zero-order chi connectivity index (χ0) is 22.3. The number of carbonyl (C=O) groups excluding carboxylic acids is 2. The Labute approximate surface area is 189 Å². The third-order valence-electron chi connectivity index (χ3n) is 4.51. The molecule has 0 aromatic heterocycles. The number of rotatable bonds is 6. The number of hydrogen-bond acceptors (Lipinski definition) is 5. The molecular formula is C24H18ClN3O4. The van der Waals surface area contributed by atoms with E-state index in [1.54, 1.807) is 72.8 Å². The molecule has 0 atom stereocenters. The van der Waals surface area contributed by atoms with Crippen molar-refractivity contribution >= 4 is 35.7 Å². The first kappa shape index (κ1) is 21.1. The number of hydrazone groups is 1. The molecule has 0 saturated carbocycles. The van der Waals surface area contributed by atoms with E-state index in [2.05, 4.69) is 15.8 Å². The van der Waals surface area contributed by atoms with Crippen LogP contribution >= 0.6 is 11.6 Å². The second kappa shape index (κ2) is 9.80. The largest absolute Gasteiger partial charge is 0.454 e. The summed E-state index contributed by atoms with van der Waals surface area (Å²) in [6.07, 6.45) is 2.96. The van der Waals surface area contributed by atoms with Gasteiger partial charge in [-0.15, -0.1) is 0 Å². The van der Waals surface area contributed by atoms with Crippen LogP contribution in [0.2, 0.25) is 5.02 Å². The standard InChI is InChI=1S/C24H18ClN3O4/c25-19-9-5-4-8-18(19)14-26-28-24(30)20(27-23(29)17-6-2-1-3-7-17)12-16-10-11-21-22(13-16)32-15-31-21/h1-14H,15H2,(H,27,29)(H,28,30). The van der Waals surface area contributed by atoms with Crippen LogP contribution in [0.15, 0.2) is 83.6 Å². The maximum atomic E-state index is 12.8. The maximum Gasteiger partial charge on any atom is 0.287 e. The molecule has 0 spiro atoms. The molecule has 0 unspecified atom stereocenters. The molecule has 2 amide bonds. The number of fused-ring (bicyclic) bond motifs is 1. The van der Waals surface area contributed by atoms with E-state index in [1.165, 1.54) is 12.3 Å². The minimum absolute atomic E-state index is 0.00836. The van der Waals surface area contributed by atoms with Crippen LogP contribution in [0.4, 0.5) is 0 Å². The van der Waals surface area contributed by atoms with E-state index >= 15 is 0 Å². The minimum Gasteiger partial charge on any atom is -0.454 e. The van der Waals surface area contributed by atoms with Crippen molar-refractivity contribution in [2.45, 2.75) is 0 Å². The van der Waals surface area contributed by atoms with E-state index in [0.717, 1.165) is 0 Å². The zero-order valence-electron chi connectivity index (χ0n) is 16.7. The van der Waals surface area contributed by atoms with Crippen molar-refractivity contribution in [3.63, 3.8) is 0 Å². The smallest absolute Gasteiger partial charge is 0.287 e. The van der Waals surface area contributed by atoms with E-state index in [0.29, 0.717) is 33.2 Å². The molecule has 2 N–H and O–H groups in total. The Balaban J connectivity index is 1.57. The molecule has 0 aliphatic carbocycles. The predicted octanol–water partition coefficient (Wildman–Crippen LogP) is 3.99. The first-order chi connectivity index (χ1) is 15.6. The predicted molar refractivity (Wildman–Crippen MR) is 122 cm³/mol. The molecular weight excluding hydrogens is 430 g/mol. The maximum absolute atomic E-state index is 12.8. The molecule has 0 radical (unpaired) electrons. The summed E-state index contributed by atoms with van der Waals surface area (Å²) in [6, 6.07) is 20.9. The van der Waals surface area contributed by atoms with E-state index in [-0.39, 0.29) is 12.5 Å². The lowest BCUT2D eigenvalue weighted by molar-refractivity contribution is -0.117. The molecule has 160 valence electrons. The molecule has 3 aromatic carbocycles. The highest BCUT2D eigenvalue weighted by molar-refractivity contribution is 6.33. The van der Waals surface area contributed by atoms with Gasteiger partial charge in [-0.2, -0.15) is 5.10 Å². The van der Waals surface area contributed by atoms with Crippen molar-refractivity contribution < 1.29 is 19.1 Å². The van der Waals surface area contributed by atoms with Gasteiger partial charge in [-0.25, -0.2) is 5.43 Å². The Morgan fingerprint density at radius 2 is 1.69 bits per heavy atom. The third-order valence-corrected chi connectivity index (χ3v) is 4.86. The van der Waals surface area contributed by atoms with Gasteiger partial charge in [0.1, 0.15) is 5.70 Å². The average molecular weight is 448 g/mol. The summed E-state index contributed by atoms with van der Waals surface area (Å²) in [5.74, 6) is 0.147. The van der Waals surface area contributed by atoms with Gasteiger partial charge in [0.15, 0.2) is 11.5 Å². The lowest BCUT2D eigenvalue weighted by Gasteiger charge is -2.09. The summed E-state index contributed by atoms with van der Waals surface area (Å²) in [4.78, 5) is 25.5. The van der Waals surface area contributed by atoms with Crippen LogP contribution in [0.5, 0.6) is 11.5 Å². The van der Waals surface area contributed by atoms with Crippen molar-refractivity contribution in [3.8, 4) is 11.5 Å². The van der Waals surface area contributed by atoms with Gasteiger partial charge in [-0.3, -0.25) is 9.59 Å². The molecule has 3 aromatic rings. The van der Waals surface area contributed by atoms with Gasteiger partial charge in [0.25, 0.3) is 11.8 Å². The summed E-state index contributed by atoms with van der Waals surface area (Å²) >= 11 is 6.10. The SMILES string of the molecule is O=C(NN=Cc1ccccc1Cl)C(=Cc1ccc2c(c1)OCO2)NC(=O)c1ccccc1. The summed E-state index contributed by atoms with van der Waals surface area (Å²) < 4.78 is 10.7. The highest BCUT2D eigenvalue weighted by Gasteiger charge is 2.16. The first-order valence-electron chi connectivity index (χ1n) is 9.66. The number of halogens is 1. The lowest BCUT2D eigenvalue weighted by atomic mass is 10.1. The first-order valence-corrected chi connectivity index (χ1v) is 10.0. The topological polar surface area (TPSA) is 89.0 Å². The van der Waals surface area contributed by atoms with E-state index in [4.69, 9.17) is 21.1 Å². The second-order valence-corrected chi connectivity index (χ2v) is 7.12. The quantitative estimate of drug-likeness (QED) is 0.339. The summed E-state index contributed by atoms with van der Waals surface area (Å²) in [5, 5.41) is 7.10. The number of nitrogens with one attached hydrogen (secondary N) is 2. The van der Waals surface area contributed by atoms with Crippen LogP contribution in [0.3, 0.4) is 0 Å². The van der Waals surface area contributed by atoms with Gasteiger partial charge in [0.05, 0.1) is 6.21 Å². The molecule has 0 fully saturated rings. The number of amides is 2. The van der Waals surface area contributed by atoms with Gasteiger partial charge >= 0.3 is 0 Å². The van der Waals surface area contributed by atoms with Crippen molar-refractivity contribution in [2.24, 2.45) is 5.10 Å². The highest BCUT2D eigenvalue weighted by Crippen LogP contribution is 2.33. The Hall–Kier alpha value is -4.10. The van der Waals surface area contributed by atoms with Crippen LogP contribution in [-0.2, 0) is 4.79 Å². The van der Waals surface area contributed by atoms with Gasteiger partial charge in [-0.1, -0.05) is 54.1 Å². The molecule has 1 aliphatic heterocycles. The van der Waals surface area contributed by atoms with Crippen LogP contribution < -0.4 is 20.2 Å². The Bertz CT molecular complexity index is 1210. The van der Waals surface area contributed by atoms with Gasteiger partial charge in [-0.05, 0) is 42.0 Å². The number of hydrogen-bond donors (Lipinski definition) is 2. The molecule has 7 nitrogen and oxygen atoms in total. The summed E-state index contributed by atoms with van der Waals surface area (Å²) in [6.45, 7) is 0.136. The minimum atomic E-state index is -0.602. The van der Waals surface area contributed by atoms with Crippen molar-refractivity contribution in [1.82, 2.24) is 10.7 Å². The fourth-order valence-electron chi connectivity index (χ4n) is 2.91. The van der Waals surface area contributed by atoms with Gasteiger partial charge in [0, 0.05) is 16.1 Å². The number of ether oxygens (including phenoxy) is 2. The molecule has 0 bridgehead atoms. The molecule has 8 heteroatoms. The molecule has 32 heavy (non-hydrogen) atoms. The highest BCUT2D eigenvalue weighted by atomic mass is 35.5. The fraction of sp³-hybridized carbons (Fsp3) is 0.0417. The normalized spacial score (nSPS) is 12.6. The fourth-order valence-corrected chi connectivity index (χ4v) is 3.10. The third kappa shape index (κ3) is 5.14. The van der Waals surface area contributed by atoms with Crippen molar-refractivity contribution in [3.05, 3.63) is 100 Å². The zero-order valence-corrected chi connectivity index (χ0v) is 17.5. The monoisotopic (exact) mass is 447 g/mol. The molecule has 4 rings (SSSR count). The Morgan fingerprint density at radius 3 is 2.50 bits per heavy atom. The molecule has 0 saturated heterocycles. The Kier molecular flexibility index (Phi) is 6.48. The van der Waals surface area contributed by atoms with Crippen LogP contribution in [-0.4, -0.2) is 24.8 Å². The molecule has 1 heterocycles. The Morgan fingerprint density at radius 1 is 0.938 bits per heavy atom. The van der Waals surface area contributed by atoms with Crippen LogP contribution in [0.1, 0.15) is 21.5 Å². The van der Waals surface area contributed by atoms with E-state index in [9.17, 15) is 9.59 Å². The van der Waals surface area contributed by atoms with E-state index < -0.39 is 11.8 Å². The summed E-state index contributed by atoms with van der Waals surface area (Å²) in [7, 11) is 0. The van der Waals surface area contributed by atoms with Crippen LogP contribution in [0, 0.1) is 0 Å². The van der Waals surface area contributed by atoms with Crippen molar-refractivity contribution in [1.29, 1.82) is 0 Å². The van der Waals surface area contributed by atoms with Crippen LogP contribution in [0.25, 0.3) is 6.08 Å². The number of carbonyl (C=O) groups is 2. The number of nitrogens with zero attached hydrogens (tertiary/aromatic N) is 1. The second-order valence-electron chi connectivity index (χ2n) is 6.71. The van der Waals surface area contributed by atoms with Gasteiger partial charge < -0.3 is 14.8 Å². The average Bonchev–Trinajstić information content (AvgIpc) is 3.28. The van der Waals surface area contributed by atoms with Crippen molar-refractivity contribution in [2.75, 3.05) is 6.79 Å². The van der Waals surface area contributed by atoms with E-state index in [1.807, 2.05) is 0 Å². The lowest BCUT2D eigenvalue weighted by Crippen LogP contribution is -2.32.